The average Bonchev–Trinajstić information content (AvgIpc) is 3.42. The maximum atomic E-state index is 13.3. The molecule has 190 valence electrons. The molecule has 0 aliphatic carbocycles. The van der Waals surface area contributed by atoms with Crippen LogP contribution in [0.2, 0.25) is 4.34 Å². The van der Waals surface area contributed by atoms with Gasteiger partial charge in [0, 0.05) is 18.0 Å². The number of hydrogen-bond acceptors (Lipinski definition) is 8. The molecule has 4 rings (SSSR count). The lowest BCUT2D eigenvalue weighted by molar-refractivity contribution is -0.120. The summed E-state index contributed by atoms with van der Waals surface area (Å²) in [6.07, 6.45) is 1.60. The molecular weight excluding hydrogens is 536 g/mol. The van der Waals surface area contributed by atoms with Gasteiger partial charge in [0.25, 0.3) is 15.9 Å². The summed E-state index contributed by atoms with van der Waals surface area (Å²) in [5.41, 5.74) is 6.55. The summed E-state index contributed by atoms with van der Waals surface area (Å²) in [5, 5.41) is 3.03. The highest BCUT2D eigenvalue weighted by molar-refractivity contribution is 7.91. The van der Waals surface area contributed by atoms with Gasteiger partial charge in [0.15, 0.2) is 0 Å². The second-order valence-corrected chi connectivity index (χ2v) is 13.1. The van der Waals surface area contributed by atoms with Crippen molar-refractivity contribution in [3.63, 3.8) is 0 Å². The van der Waals surface area contributed by atoms with Gasteiger partial charge < -0.3 is 20.7 Å². The van der Waals surface area contributed by atoms with Crippen LogP contribution in [0.5, 0.6) is 0 Å². The van der Waals surface area contributed by atoms with Crippen molar-refractivity contribution in [3.8, 4) is 0 Å². The number of anilines is 1. The smallest absolute Gasteiger partial charge is 0.410 e. The Bertz CT molecular complexity index is 1260. The van der Waals surface area contributed by atoms with Crippen molar-refractivity contribution in [1.82, 2.24) is 9.21 Å². The van der Waals surface area contributed by atoms with Crippen LogP contribution in [-0.2, 0) is 32.5 Å². The fourth-order valence-electron chi connectivity index (χ4n) is 4.32. The Kier molecular flexibility index (Phi) is 7.71. The molecule has 10 nitrogen and oxygen atoms in total. The monoisotopic (exact) mass is 560 g/mol. The number of ether oxygens (including phenoxy) is 1. The number of primary amides is 1. The first kappa shape index (κ1) is 25.9. The van der Waals surface area contributed by atoms with Crippen molar-refractivity contribution < 1.29 is 27.5 Å². The average molecular weight is 561 g/mol. The zero-order valence-electron chi connectivity index (χ0n) is 18.9. The molecule has 1 unspecified atom stereocenters. The second kappa shape index (κ2) is 10.4. The maximum Gasteiger partial charge on any atom is 0.410 e. The van der Waals surface area contributed by atoms with Crippen LogP contribution in [-0.4, -0.2) is 61.3 Å². The fraction of sp³-hybridized carbons (Fsp3) is 0.476. The Morgan fingerprint density at radius 1 is 1.23 bits per heavy atom. The molecule has 4 heterocycles. The topological polar surface area (TPSA) is 139 Å². The zero-order chi connectivity index (χ0) is 25.3. The van der Waals surface area contributed by atoms with Gasteiger partial charge in [-0.1, -0.05) is 18.0 Å². The summed E-state index contributed by atoms with van der Waals surface area (Å²) in [6, 6.07) is 2.00. The number of piperidine rings is 1. The summed E-state index contributed by atoms with van der Waals surface area (Å²) in [5.74, 6) is -1.22. The molecule has 0 bridgehead atoms. The third kappa shape index (κ3) is 5.19. The van der Waals surface area contributed by atoms with Crippen molar-refractivity contribution in [3.05, 3.63) is 32.5 Å². The standard InChI is InChI=1S/C21H25ClN4O6S3/c1-2-32-21(29)25-10-8-12-14(11-25)33-20(17(12)18(23)27)24-19(28)13-5-3-4-9-26(13)35(30,31)16-7-6-15(22)34-16/h6-7,13H,2-5,8-11H2,1H3,(H2,23,27)(H,24,28). The number of amides is 3. The van der Waals surface area contributed by atoms with E-state index in [4.69, 9.17) is 22.1 Å². The molecule has 3 N–H and O–H groups in total. The van der Waals surface area contributed by atoms with E-state index in [0.29, 0.717) is 42.1 Å². The van der Waals surface area contributed by atoms with Crippen molar-refractivity contribution >= 4 is 67.2 Å². The number of hydrogen-bond donors (Lipinski definition) is 2. The molecule has 0 spiro atoms. The van der Waals surface area contributed by atoms with Crippen LogP contribution >= 0.6 is 34.3 Å². The maximum absolute atomic E-state index is 13.3. The van der Waals surface area contributed by atoms with E-state index in [1.807, 2.05) is 0 Å². The van der Waals surface area contributed by atoms with Gasteiger partial charge in [-0.2, -0.15) is 4.31 Å². The predicted molar refractivity (Wildman–Crippen MR) is 133 cm³/mol. The second-order valence-electron chi connectivity index (χ2n) is 8.12. The third-order valence-corrected chi connectivity index (χ3v) is 10.7. The lowest BCUT2D eigenvalue weighted by Crippen LogP contribution is -2.49. The molecule has 2 aromatic heterocycles. The van der Waals surface area contributed by atoms with Gasteiger partial charge >= 0.3 is 6.09 Å². The summed E-state index contributed by atoms with van der Waals surface area (Å²) >= 11 is 8.04. The molecular formula is C21H25ClN4O6S3. The number of carbonyl (C=O) groups is 3. The predicted octanol–water partition coefficient (Wildman–Crippen LogP) is 3.26. The molecule has 35 heavy (non-hydrogen) atoms. The molecule has 1 atom stereocenters. The molecule has 2 aliphatic rings. The largest absolute Gasteiger partial charge is 0.450 e. The highest BCUT2D eigenvalue weighted by atomic mass is 35.5. The van der Waals surface area contributed by atoms with E-state index in [9.17, 15) is 22.8 Å². The number of nitrogens with two attached hydrogens (primary N) is 1. The number of fused-ring (bicyclic) bond motifs is 1. The molecule has 14 heteroatoms. The molecule has 1 saturated heterocycles. The van der Waals surface area contributed by atoms with Crippen molar-refractivity contribution in [2.75, 3.05) is 25.0 Å². The molecule has 0 saturated carbocycles. The van der Waals surface area contributed by atoms with Crippen LogP contribution < -0.4 is 11.1 Å². The van der Waals surface area contributed by atoms with E-state index in [1.54, 1.807) is 6.92 Å². The van der Waals surface area contributed by atoms with E-state index in [-0.39, 0.29) is 34.5 Å². The number of sulfonamides is 1. The summed E-state index contributed by atoms with van der Waals surface area (Å²) in [6.45, 7) is 2.76. The molecule has 2 aromatic rings. The van der Waals surface area contributed by atoms with Crippen molar-refractivity contribution in [2.45, 2.75) is 49.4 Å². The Morgan fingerprint density at radius 3 is 2.66 bits per heavy atom. The zero-order valence-corrected chi connectivity index (χ0v) is 22.1. The van der Waals surface area contributed by atoms with Crippen LogP contribution in [0.3, 0.4) is 0 Å². The van der Waals surface area contributed by atoms with Crippen molar-refractivity contribution in [1.29, 1.82) is 0 Å². The molecule has 2 aliphatic heterocycles. The minimum Gasteiger partial charge on any atom is -0.450 e. The first-order valence-electron chi connectivity index (χ1n) is 11.1. The van der Waals surface area contributed by atoms with Crippen LogP contribution in [0, 0.1) is 0 Å². The van der Waals surface area contributed by atoms with E-state index >= 15 is 0 Å². The first-order valence-corrected chi connectivity index (χ1v) is 14.5. The Balaban J connectivity index is 1.59. The number of halogens is 1. The number of rotatable bonds is 6. The van der Waals surface area contributed by atoms with Crippen LogP contribution in [0.15, 0.2) is 16.3 Å². The Hall–Kier alpha value is -2.19. The SMILES string of the molecule is CCOC(=O)N1CCc2c(sc(NC(=O)C3CCCCN3S(=O)(=O)c3ccc(Cl)s3)c2C(N)=O)C1. The highest BCUT2D eigenvalue weighted by Crippen LogP contribution is 2.38. The summed E-state index contributed by atoms with van der Waals surface area (Å²) < 4.78 is 33.1. The fourth-order valence-corrected chi connectivity index (χ4v) is 8.86. The lowest BCUT2D eigenvalue weighted by Gasteiger charge is -2.33. The van der Waals surface area contributed by atoms with Crippen LogP contribution in [0.25, 0.3) is 0 Å². The molecule has 0 radical (unpaired) electrons. The van der Waals surface area contributed by atoms with Gasteiger partial charge in [0.2, 0.25) is 5.91 Å². The van der Waals surface area contributed by atoms with Gasteiger partial charge in [0.05, 0.1) is 23.1 Å². The molecule has 0 aromatic carbocycles. The number of carbonyl (C=O) groups excluding carboxylic acids is 3. The van der Waals surface area contributed by atoms with Gasteiger partial charge in [-0.3, -0.25) is 9.59 Å². The summed E-state index contributed by atoms with van der Waals surface area (Å²) in [7, 11) is -3.92. The first-order chi connectivity index (χ1) is 16.6. The quantitative estimate of drug-likeness (QED) is 0.556. The van der Waals surface area contributed by atoms with E-state index in [1.165, 1.54) is 21.3 Å². The van der Waals surface area contributed by atoms with Gasteiger partial charge in [0.1, 0.15) is 15.3 Å². The molecule has 3 amide bonds. The number of nitrogens with one attached hydrogen (secondary N) is 1. The van der Waals surface area contributed by atoms with Crippen molar-refractivity contribution in [2.24, 2.45) is 5.73 Å². The van der Waals surface area contributed by atoms with Gasteiger partial charge in [-0.05, 0) is 43.9 Å². The Morgan fingerprint density at radius 2 is 2.00 bits per heavy atom. The normalized spacial score (nSPS) is 18.7. The van der Waals surface area contributed by atoms with Gasteiger partial charge in [-0.25, -0.2) is 13.2 Å². The van der Waals surface area contributed by atoms with E-state index < -0.39 is 34.0 Å². The lowest BCUT2D eigenvalue weighted by atomic mass is 10.0. The Labute approximate surface area is 216 Å². The minimum absolute atomic E-state index is 0.0747. The van der Waals surface area contributed by atoms with Gasteiger partial charge in [-0.15, -0.1) is 22.7 Å². The number of nitrogens with zero attached hydrogens (tertiary/aromatic N) is 2. The van der Waals surface area contributed by atoms with Crippen LogP contribution in [0.1, 0.15) is 47.0 Å². The minimum atomic E-state index is -3.92. The summed E-state index contributed by atoms with van der Waals surface area (Å²) in [4.78, 5) is 40.0. The third-order valence-electron chi connectivity index (χ3n) is 5.93. The van der Waals surface area contributed by atoms with Crippen LogP contribution in [0.4, 0.5) is 9.80 Å². The van der Waals surface area contributed by atoms with E-state index in [2.05, 4.69) is 5.32 Å². The molecule has 1 fully saturated rings. The number of thiophene rings is 2. The van der Waals surface area contributed by atoms with E-state index in [0.717, 1.165) is 27.6 Å². The highest BCUT2D eigenvalue weighted by Gasteiger charge is 2.39.